The van der Waals surface area contributed by atoms with E-state index in [1.165, 1.54) is 12.8 Å². The van der Waals surface area contributed by atoms with Crippen molar-refractivity contribution in [1.29, 1.82) is 0 Å². The van der Waals surface area contributed by atoms with E-state index in [1.807, 2.05) is 30.3 Å². The van der Waals surface area contributed by atoms with E-state index in [1.54, 1.807) is 10.9 Å². The van der Waals surface area contributed by atoms with Gasteiger partial charge in [0, 0.05) is 18.3 Å². The Morgan fingerprint density at radius 2 is 1.83 bits per heavy atom. The lowest BCUT2D eigenvalue weighted by Crippen LogP contribution is -2.54. The highest BCUT2D eigenvalue weighted by Gasteiger charge is 2.61. The summed E-state index contributed by atoms with van der Waals surface area (Å²) >= 11 is 0. The number of hydrogen-bond acceptors (Lipinski definition) is 8. The van der Waals surface area contributed by atoms with Crippen LogP contribution in [0.2, 0.25) is 0 Å². The molecule has 9 nitrogen and oxygen atoms in total. The van der Waals surface area contributed by atoms with Crippen LogP contribution in [-0.2, 0) is 27.5 Å². The van der Waals surface area contributed by atoms with Gasteiger partial charge >= 0.3 is 5.97 Å². The Morgan fingerprint density at radius 3 is 2.67 bits per heavy atom. The zero-order valence-corrected chi connectivity index (χ0v) is 24.6. The second-order valence-electron chi connectivity index (χ2n) is 13.7. The smallest absolute Gasteiger partial charge is 0.326 e. The number of rotatable bonds is 6. The number of ketones is 1. The third-order valence-corrected chi connectivity index (χ3v) is 11.6. The van der Waals surface area contributed by atoms with E-state index in [0.717, 1.165) is 50.5 Å². The molecule has 2 aromatic heterocycles. The van der Waals surface area contributed by atoms with Crippen LogP contribution in [-0.4, -0.2) is 37.4 Å². The van der Waals surface area contributed by atoms with Crippen molar-refractivity contribution in [2.24, 2.45) is 34.5 Å². The number of hydrogen-bond donors (Lipinski definition) is 1. The van der Waals surface area contributed by atoms with E-state index in [9.17, 15) is 9.59 Å². The molecule has 1 aromatic carbocycles. The highest BCUT2D eigenvalue weighted by molar-refractivity contribution is 5.80. The summed E-state index contributed by atoms with van der Waals surface area (Å²) in [5.74, 6) is 2.98. The molecule has 4 fully saturated rings. The van der Waals surface area contributed by atoms with Gasteiger partial charge in [-0.05, 0) is 79.6 Å². The Hall–Kier alpha value is -3.49. The van der Waals surface area contributed by atoms with E-state index in [-0.39, 0.29) is 35.4 Å². The van der Waals surface area contributed by atoms with Gasteiger partial charge < -0.3 is 19.8 Å². The number of aromatic nitrogens is 4. The van der Waals surface area contributed by atoms with E-state index in [0.29, 0.717) is 53.1 Å². The van der Waals surface area contributed by atoms with Gasteiger partial charge in [-0.15, -0.1) is 0 Å². The maximum atomic E-state index is 13.4. The molecule has 4 aliphatic carbocycles. The highest BCUT2D eigenvalue weighted by Crippen LogP contribution is 2.66. The van der Waals surface area contributed by atoms with Gasteiger partial charge in [-0.3, -0.25) is 9.59 Å². The zero-order chi connectivity index (χ0) is 29.1. The van der Waals surface area contributed by atoms with Gasteiger partial charge in [-0.25, -0.2) is 4.98 Å². The minimum Gasteiger partial charge on any atom is -0.471 e. The first kappa shape index (κ1) is 27.3. The average Bonchev–Trinajstić information content (AvgIpc) is 3.53. The predicted molar refractivity (Wildman–Crippen MR) is 157 cm³/mol. The molecule has 2 N–H and O–H groups in total. The molecular formula is C33H41N5O4. The molecule has 9 heteroatoms. The van der Waals surface area contributed by atoms with Crippen LogP contribution in [0.5, 0.6) is 5.88 Å². The topological polar surface area (TPSA) is 122 Å². The van der Waals surface area contributed by atoms with E-state index in [4.69, 9.17) is 15.2 Å². The second-order valence-corrected chi connectivity index (χ2v) is 13.7. The summed E-state index contributed by atoms with van der Waals surface area (Å²) in [5.41, 5.74) is 8.20. The van der Waals surface area contributed by atoms with Crippen molar-refractivity contribution in [3.63, 3.8) is 0 Å². The zero-order valence-electron chi connectivity index (χ0n) is 24.6. The van der Waals surface area contributed by atoms with Crippen molar-refractivity contribution in [1.82, 2.24) is 19.5 Å². The lowest BCUT2D eigenvalue weighted by atomic mass is 9.45. The predicted octanol–water partition coefficient (Wildman–Crippen LogP) is 5.51. The Balaban J connectivity index is 1.04. The molecule has 7 rings (SSSR count). The first-order valence-electron chi connectivity index (χ1n) is 15.6. The summed E-state index contributed by atoms with van der Waals surface area (Å²) < 4.78 is 13.9. The molecule has 0 bridgehead atoms. The van der Waals surface area contributed by atoms with E-state index >= 15 is 0 Å². The average molecular weight is 572 g/mol. The van der Waals surface area contributed by atoms with Crippen molar-refractivity contribution < 1.29 is 19.1 Å². The largest absolute Gasteiger partial charge is 0.471 e. The number of esters is 1. The van der Waals surface area contributed by atoms with Gasteiger partial charge in [0.15, 0.2) is 11.2 Å². The number of ether oxygens (including phenoxy) is 2. The van der Waals surface area contributed by atoms with E-state index in [2.05, 4.69) is 28.8 Å². The molecule has 222 valence electrons. The van der Waals surface area contributed by atoms with Crippen molar-refractivity contribution in [2.75, 3.05) is 5.73 Å². The summed E-state index contributed by atoms with van der Waals surface area (Å²) in [6, 6.07) is 9.80. The molecule has 0 radical (unpaired) electrons. The van der Waals surface area contributed by atoms with Crippen LogP contribution in [0.1, 0.15) is 77.2 Å². The lowest BCUT2D eigenvalue weighted by molar-refractivity contribution is -0.164. The molecule has 2 heterocycles. The van der Waals surface area contributed by atoms with Gasteiger partial charge in [-0.1, -0.05) is 44.2 Å². The standard InChI is InChI=1S/C33H41N5O4/c1-32-14-12-22(39)16-21(32)8-9-23-24-10-11-26(33(24,2)15-13-25(23)32)42-27(40)17-38-19-35-28-29(38)36-31(34)37-30(28)41-18-20-6-4-3-5-7-20/h3-7,19,21,23-26H,8-18H2,1-2H3,(H2,34,36,37)/t21?,23-,24-,25-,26-,32-,33-/m0/s1. The number of anilines is 1. The quantitative estimate of drug-likeness (QED) is 0.384. The van der Waals surface area contributed by atoms with Gasteiger partial charge in [-0.2, -0.15) is 9.97 Å². The third-order valence-electron chi connectivity index (χ3n) is 11.6. The monoisotopic (exact) mass is 571 g/mol. The molecule has 7 atom stereocenters. The summed E-state index contributed by atoms with van der Waals surface area (Å²) in [5, 5.41) is 0. The number of nitrogens with zero attached hydrogens (tertiary/aromatic N) is 4. The van der Waals surface area contributed by atoms with Gasteiger partial charge in [0.05, 0.1) is 6.33 Å². The maximum Gasteiger partial charge on any atom is 0.326 e. The first-order valence-corrected chi connectivity index (χ1v) is 15.6. The van der Waals surface area contributed by atoms with Gasteiger partial charge in [0.1, 0.15) is 25.0 Å². The summed E-state index contributed by atoms with van der Waals surface area (Å²) in [6.07, 6.45) is 10.7. The van der Waals surface area contributed by atoms with Crippen molar-refractivity contribution >= 4 is 28.9 Å². The summed E-state index contributed by atoms with van der Waals surface area (Å²) in [7, 11) is 0. The fourth-order valence-electron chi connectivity index (χ4n) is 9.40. The third kappa shape index (κ3) is 4.56. The number of nitrogens with two attached hydrogens (primary N) is 1. The van der Waals surface area contributed by atoms with Crippen LogP contribution in [0.25, 0.3) is 11.2 Å². The van der Waals surface area contributed by atoms with Crippen molar-refractivity contribution in [3.05, 3.63) is 42.2 Å². The highest BCUT2D eigenvalue weighted by atomic mass is 16.5. The fourth-order valence-corrected chi connectivity index (χ4v) is 9.40. The normalized spacial score (nSPS) is 34.0. The van der Waals surface area contributed by atoms with Gasteiger partial charge in [0.25, 0.3) is 0 Å². The Labute approximate surface area is 246 Å². The Morgan fingerprint density at radius 1 is 1.02 bits per heavy atom. The van der Waals surface area contributed by atoms with Crippen LogP contribution in [0.3, 0.4) is 0 Å². The number of carbonyl (C=O) groups is 2. The van der Waals surface area contributed by atoms with Crippen molar-refractivity contribution in [3.8, 4) is 5.88 Å². The summed E-state index contributed by atoms with van der Waals surface area (Å²) in [4.78, 5) is 38.6. The molecule has 4 aliphatic rings. The van der Waals surface area contributed by atoms with Crippen molar-refractivity contribution in [2.45, 2.75) is 90.9 Å². The maximum absolute atomic E-state index is 13.4. The minimum absolute atomic E-state index is 0.00214. The Kier molecular flexibility index (Phi) is 6.74. The van der Waals surface area contributed by atoms with Crippen LogP contribution >= 0.6 is 0 Å². The molecule has 0 saturated heterocycles. The molecule has 0 spiro atoms. The number of carbonyl (C=O) groups excluding carboxylic acids is 2. The molecule has 3 aromatic rings. The molecule has 42 heavy (non-hydrogen) atoms. The molecule has 0 aliphatic heterocycles. The number of Topliss-reactive ketones (excluding diaryl/α,β-unsaturated/α-hetero) is 1. The minimum atomic E-state index is -0.284. The van der Waals surface area contributed by atoms with Crippen LogP contribution in [0.15, 0.2) is 36.7 Å². The van der Waals surface area contributed by atoms with E-state index < -0.39 is 0 Å². The fraction of sp³-hybridized carbons (Fsp3) is 0.606. The molecule has 0 amide bonds. The second kappa shape index (κ2) is 10.3. The number of imidazole rings is 1. The van der Waals surface area contributed by atoms with Crippen LogP contribution in [0, 0.1) is 34.5 Å². The molecule has 4 saturated carbocycles. The Bertz CT molecular complexity index is 1510. The molecular weight excluding hydrogens is 530 g/mol. The molecule has 1 unspecified atom stereocenters. The van der Waals surface area contributed by atoms with Crippen LogP contribution in [0.4, 0.5) is 5.95 Å². The number of fused-ring (bicyclic) bond motifs is 6. The SMILES string of the molecule is C[C@]12CC[C@H]3[C@@H](CCC4CC(=O)CC[C@@]43C)[C@@H]1CC[C@@H]2OC(=O)Cn1cnc2c(OCc3ccccc3)nc(N)nc21. The lowest BCUT2D eigenvalue weighted by Gasteiger charge is -2.60. The van der Waals surface area contributed by atoms with Crippen LogP contribution < -0.4 is 10.5 Å². The first-order chi connectivity index (χ1) is 20.2. The summed E-state index contributed by atoms with van der Waals surface area (Å²) in [6.45, 7) is 5.15. The number of nitrogen functional groups attached to an aromatic ring is 1. The van der Waals surface area contributed by atoms with Gasteiger partial charge in [0.2, 0.25) is 11.8 Å². The number of benzene rings is 1.